The van der Waals surface area contributed by atoms with Gasteiger partial charge in [0, 0.05) is 51.1 Å². The highest BCUT2D eigenvalue weighted by Gasteiger charge is 2.36. The van der Waals surface area contributed by atoms with Gasteiger partial charge in [-0.15, -0.1) is 0 Å². The number of para-hydroxylation sites is 1. The molecule has 0 aromatic heterocycles. The number of halogens is 2. The van der Waals surface area contributed by atoms with E-state index in [4.69, 9.17) is 14.2 Å². The molecule has 0 atom stereocenters. The number of nitrogens with zero attached hydrogens (tertiary/aromatic N) is 2. The van der Waals surface area contributed by atoms with Crippen molar-refractivity contribution < 1.29 is 37.4 Å². The Kier molecular flexibility index (Phi) is 9.92. The fraction of sp³-hybridized carbons (Fsp3) is 0.483. The van der Waals surface area contributed by atoms with Crippen LogP contribution in [0.15, 0.2) is 48.5 Å². The Morgan fingerprint density at radius 2 is 1.65 bits per heavy atom. The molecule has 2 aromatic carbocycles. The van der Waals surface area contributed by atoms with Gasteiger partial charge in [-0.25, -0.2) is 18.4 Å². The van der Waals surface area contributed by atoms with Gasteiger partial charge in [0.05, 0.1) is 12.7 Å². The van der Waals surface area contributed by atoms with E-state index < -0.39 is 18.1 Å². The standard InChI is InChI=1S/C29H35F2N3O6/c1-38-27(36)22-8-6-21(7-9-22)20-39-25-5-3-2-4-23(25)19-33-14-16-34(17-15-33)26(35)18-32-28(37)40-24-10-12-29(30,31)13-11-24/h2-9,24H,10-20H2,1H3,(H,32,37). The van der Waals surface area contributed by atoms with Crippen LogP contribution < -0.4 is 10.1 Å². The predicted molar refractivity (Wildman–Crippen MR) is 142 cm³/mol. The Labute approximate surface area is 232 Å². The monoisotopic (exact) mass is 559 g/mol. The maximum absolute atomic E-state index is 13.3. The molecule has 0 radical (unpaired) electrons. The number of benzene rings is 2. The number of methoxy groups -OCH3 is 1. The van der Waals surface area contributed by atoms with E-state index >= 15 is 0 Å². The average Bonchev–Trinajstić information content (AvgIpc) is 2.97. The minimum atomic E-state index is -2.69. The summed E-state index contributed by atoms with van der Waals surface area (Å²) in [7, 11) is 1.35. The van der Waals surface area contributed by atoms with E-state index in [9.17, 15) is 23.2 Å². The Hall–Kier alpha value is -3.73. The fourth-order valence-corrected chi connectivity index (χ4v) is 4.77. The molecule has 0 spiro atoms. The van der Waals surface area contributed by atoms with E-state index in [0.717, 1.165) is 16.9 Å². The highest BCUT2D eigenvalue weighted by Crippen LogP contribution is 2.34. The molecule has 1 aliphatic carbocycles. The number of esters is 1. The van der Waals surface area contributed by atoms with E-state index in [0.29, 0.717) is 44.9 Å². The normalized spacial score (nSPS) is 17.6. The summed E-state index contributed by atoms with van der Waals surface area (Å²) in [6.07, 6.45) is -1.65. The molecule has 1 saturated heterocycles. The van der Waals surface area contributed by atoms with Crippen molar-refractivity contribution in [3.63, 3.8) is 0 Å². The van der Waals surface area contributed by atoms with Crippen molar-refractivity contribution >= 4 is 18.0 Å². The van der Waals surface area contributed by atoms with Crippen LogP contribution in [0.3, 0.4) is 0 Å². The lowest BCUT2D eigenvalue weighted by atomic mass is 9.94. The second-order valence-electron chi connectivity index (χ2n) is 10.1. The van der Waals surface area contributed by atoms with Gasteiger partial charge in [0.1, 0.15) is 25.0 Å². The van der Waals surface area contributed by atoms with Crippen LogP contribution in [0.2, 0.25) is 0 Å². The van der Waals surface area contributed by atoms with Crippen LogP contribution in [0.5, 0.6) is 5.75 Å². The van der Waals surface area contributed by atoms with Crippen molar-refractivity contribution in [1.82, 2.24) is 15.1 Å². The molecule has 2 amide bonds. The van der Waals surface area contributed by atoms with Crippen LogP contribution >= 0.6 is 0 Å². The van der Waals surface area contributed by atoms with Crippen LogP contribution in [0, 0.1) is 0 Å². The first-order valence-electron chi connectivity index (χ1n) is 13.4. The molecular weight excluding hydrogens is 524 g/mol. The lowest BCUT2D eigenvalue weighted by molar-refractivity contribution is -0.132. The number of carbonyl (C=O) groups excluding carboxylic acids is 3. The molecule has 40 heavy (non-hydrogen) atoms. The van der Waals surface area contributed by atoms with Crippen molar-refractivity contribution in [3.05, 3.63) is 65.2 Å². The predicted octanol–water partition coefficient (Wildman–Crippen LogP) is 4.00. The van der Waals surface area contributed by atoms with Crippen LogP contribution in [-0.4, -0.2) is 79.6 Å². The first-order chi connectivity index (χ1) is 19.2. The largest absolute Gasteiger partial charge is 0.489 e. The Morgan fingerprint density at radius 1 is 0.975 bits per heavy atom. The minimum Gasteiger partial charge on any atom is -0.489 e. The van der Waals surface area contributed by atoms with Gasteiger partial charge in [0.15, 0.2) is 0 Å². The maximum atomic E-state index is 13.3. The number of piperazine rings is 1. The molecule has 11 heteroatoms. The molecule has 216 valence electrons. The Balaban J connectivity index is 1.18. The number of hydrogen-bond acceptors (Lipinski definition) is 7. The van der Waals surface area contributed by atoms with Crippen LogP contribution in [0.25, 0.3) is 0 Å². The van der Waals surface area contributed by atoms with Gasteiger partial charge in [-0.1, -0.05) is 30.3 Å². The highest BCUT2D eigenvalue weighted by molar-refractivity contribution is 5.89. The molecule has 2 fully saturated rings. The molecular formula is C29H35F2N3O6. The number of ether oxygens (including phenoxy) is 3. The van der Waals surface area contributed by atoms with Crippen molar-refractivity contribution in [3.8, 4) is 5.75 Å². The van der Waals surface area contributed by atoms with Crippen molar-refractivity contribution in [2.45, 2.75) is 50.9 Å². The highest BCUT2D eigenvalue weighted by atomic mass is 19.3. The van der Waals surface area contributed by atoms with Gasteiger partial charge in [0.2, 0.25) is 11.8 Å². The third kappa shape index (κ3) is 8.38. The number of alkyl halides is 2. The first kappa shape index (κ1) is 29.3. The first-order valence-corrected chi connectivity index (χ1v) is 13.4. The van der Waals surface area contributed by atoms with Crippen molar-refractivity contribution in [2.24, 2.45) is 0 Å². The molecule has 1 saturated carbocycles. The summed E-state index contributed by atoms with van der Waals surface area (Å²) in [6.45, 7) is 3.17. The summed E-state index contributed by atoms with van der Waals surface area (Å²) >= 11 is 0. The number of rotatable bonds is 9. The molecule has 0 unspecified atom stereocenters. The third-order valence-corrected chi connectivity index (χ3v) is 7.18. The Morgan fingerprint density at radius 3 is 2.33 bits per heavy atom. The number of alkyl carbamates (subject to hydrolysis) is 1. The zero-order valence-corrected chi connectivity index (χ0v) is 22.6. The molecule has 1 N–H and O–H groups in total. The molecule has 2 aromatic rings. The molecule has 1 aliphatic heterocycles. The van der Waals surface area contributed by atoms with E-state index in [1.54, 1.807) is 17.0 Å². The molecule has 2 aliphatic rings. The summed E-state index contributed by atoms with van der Waals surface area (Å²) in [5, 5.41) is 2.45. The van der Waals surface area contributed by atoms with E-state index in [1.807, 2.05) is 36.4 Å². The minimum absolute atomic E-state index is 0.120. The van der Waals surface area contributed by atoms with Gasteiger partial charge in [-0.05, 0) is 36.6 Å². The second kappa shape index (κ2) is 13.6. The summed E-state index contributed by atoms with van der Waals surface area (Å²) in [4.78, 5) is 40.1. The molecule has 0 bridgehead atoms. The molecule has 9 nitrogen and oxygen atoms in total. The average molecular weight is 560 g/mol. The molecule has 4 rings (SSSR count). The Bertz CT molecular complexity index is 1160. The van der Waals surface area contributed by atoms with Gasteiger partial charge in [0.25, 0.3) is 0 Å². The van der Waals surface area contributed by atoms with Gasteiger partial charge >= 0.3 is 12.1 Å². The second-order valence-corrected chi connectivity index (χ2v) is 10.1. The zero-order chi connectivity index (χ0) is 28.5. The molecule has 1 heterocycles. The summed E-state index contributed by atoms with van der Waals surface area (Å²) in [5.41, 5.74) is 2.43. The quantitative estimate of drug-likeness (QED) is 0.464. The fourth-order valence-electron chi connectivity index (χ4n) is 4.77. The van der Waals surface area contributed by atoms with Crippen molar-refractivity contribution in [2.75, 3.05) is 39.8 Å². The summed E-state index contributed by atoms with van der Waals surface area (Å²) < 4.78 is 42.5. The van der Waals surface area contributed by atoms with E-state index in [-0.39, 0.29) is 44.1 Å². The van der Waals surface area contributed by atoms with Gasteiger partial charge in [-0.3, -0.25) is 9.69 Å². The van der Waals surface area contributed by atoms with Crippen LogP contribution in [0.1, 0.15) is 47.2 Å². The summed E-state index contributed by atoms with van der Waals surface area (Å²) in [5.74, 6) is -2.52. The van der Waals surface area contributed by atoms with Crippen molar-refractivity contribution in [1.29, 1.82) is 0 Å². The van der Waals surface area contributed by atoms with Crippen LogP contribution in [-0.2, 0) is 27.4 Å². The summed E-state index contributed by atoms with van der Waals surface area (Å²) in [6, 6.07) is 14.9. The zero-order valence-electron chi connectivity index (χ0n) is 22.6. The van der Waals surface area contributed by atoms with Gasteiger partial charge < -0.3 is 24.4 Å². The lowest BCUT2D eigenvalue weighted by Gasteiger charge is -2.35. The number of amides is 2. The van der Waals surface area contributed by atoms with Gasteiger partial charge in [-0.2, -0.15) is 0 Å². The third-order valence-electron chi connectivity index (χ3n) is 7.18. The smallest absolute Gasteiger partial charge is 0.407 e. The number of hydrogen-bond donors (Lipinski definition) is 1. The van der Waals surface area contributed by atoms with E-state index in [2.05, 4.69) is 10.2 Å². The maximum Gasteiger partial charge on any atom is 0.407 e. The lowest BCUT2D eigenvalue weighted by Crippen LogP contribution is -2.51. The topological polar surface area (TPSA) is 97.4 Å². The SMILES string of the molecule is COC(=O)c1ccc(COc2ccccc2CN2CCN(C(=O)CNC(=O)OC3CCC(F)(F)CC3)CC2)cc1. The number of carbonyl (C=O) groups is 3. The van der Waals surface area contributed by atoms with E-state index in [1.165, 1.54) is 7.11 Å². The number of nitrogens with one attached hydrogen (secondary N) is 1. The van der Waals surface area contributed by atoms with Crippen LogP contribution in [0.4, 0.5) is 13.6 Å².